The average Bonchev–Trinajstić information content (AvgIpc) is 3.26. The van der Waals surface area contributed by atoms with Crippen LogP contribution in [0.3, 0.4) is 0 Å². The first kappa shape index (κ1) is 19.2. The molecule has 1 fully saturated rings. The first-order valence-electron chi connectivity index (χ1n) is 10.1. The van der Waals surface area contributed by atoms with Crippen LogP contribution in [0.4, 0.5) is 11.5 Å². The number of aryl methyl sites for hydroxylation is 1. The van der Waals surface area contributed by atoms with Crippen molar-refractivity contribution in [1.29, 1.82) is 5.26 Å². The van der Waals surface area contributed by atoms with Gasteiger partial charge < -0.3 is 10.3 Å². The lowest BCUT2D eigenvalue weighted by atomic mass is 9.85. The van der Waals surface area contributed by atoms with Crippen LogP contribution < -0.4 is 10.9 Å². The van der Waals surface area contributed by atoms with Gasteiger partial charge in [0.25, 0.3) is 5.56 Å². The number of nitrogens with one attached hydrogen (secondary N) is 2. The van der Waals surface area contributed by atoms with Crippen LogP contribution in [0.5, 0.6) is 0 Å². The number of benzene rings is 1. The van der Waals surface area contributed by atoms with E-state index in [2.05, 4.69) is 16.4 Å². The molecular formula is C21H23N5O3S. The number of hydrogen-bond donors (Lipinski definition) is 4. The van der Waals surface area contributed by atoms with Crippen molar-refractivity contribution in [3.05, 3.63) is 46.4 Å². The lowest BCUT2D eigenvalue weighted by Crippen LogP contribution is -2.23. The normalized spacial score (nSPS) is 23.6. The van der Waals surface area contributed by atoms with Crippen molar-refractivity contribution in [2.45, 2.75) is 43.0 Å². The van der Waals surface area contributed by atoms with Gasteiger partial charge in [0.1, 0.15) is 5.39 Å². The van der Waals surface area contributed by atoms with Crippen molar-refractivity contribution in [2.75, 3.05) is 11.1 Å². The Morgan fingerprint density at radius 1 is 1.27 bits per heavy atom. The van der Waals surface area contributed by atoms with E-state index in [4.69, 9.17) is 5.10 Å². The Hall–Kier alpha value is -2.80. The van der Waals surface area contributed by atoms with Gasteiger partial charge in [-0.3, -0.25) is 18.6 Å². The standard InChI is InChI=1S/C21H23N5O3S/c22-12-14-3-1-2-4-16(14)26-17-7-9-23-21(27)19(17)20(25-26)24-15-5-6-18-13(11-15)8-10-30(18,28)29/h5-7,9,11,14,16,28-29H,1-4,8,10H2,(H,23,27)(H,24,25). The van der Waals surface area contributed by atoms with Crippen LogP contribution in [0.2, 0.25) is 0 Å². The predicted molar refractivity (Wildman–Crippen MR) is 116 cm³/mol. The molecule has 0 radical (unpaired) electrons. The summed E-state index contributed by atoms with van der Waals surface area (Å²) in [4.78, 5) is 15.9. The quantitative estimate of drug-likeness (QED) is 0.493. The van der Waals surface area contributed by atoms with Gasteiger partial charge in [-0.2, -0.15) is 21.0 Å². The van der Waals surface area contributed by atoms with Crippen molar-refractivity contribution >= 4 is 33.0 Å². The van der Waals surface area contributed by atoms with Gasteiger partial charge >= 0.3 is 0 Å². The molecule has 2 unspecified atom stereocenters. The highest BCUT2D eigenvalue weighted by molar-refractivity contribution is 8.24. The Morgan fingerprint density at radius 2 is 2.10 bits per heavy atom. The van der Waals surface area contributed by atoms with Crippen molar-refractivity contribution in [1.82, 2.24) is 14.8 Å². The monoisotopic (exact) mass is 425 g/mol. The molecule has 30 heavy (non-hydrogen) atoms. The van der Waals surface area contributed by atoms with Crippen LogP contribution in [-0.4, -0.2) is 29.6 Å². The summed E-state index contributed by atoms with van der Waals surface area (Å²) in [5.41, 5.74) is 2.11. The van der Waals surface area contributed by atoms with Crippen molar-refractivity contribution in [2.24, 2.45) is 5.92 Å². The highest BCUT2D eigenvalue weighted by atomic mass is 32.3. The molecule has 0 spiro atoms. The van der Waals surface area contributed by atoms with Gasteiger partial charge in [-0.05, 0) is 49.1 Å². The zero-order valence-electron chi connectivity index (χ0n) is 16.3. The summed E-state index contributed by atoms with van der Waals surface area (Å²) in [6.45, 7) is 0. The third-order valence-electron chi connectivity index (χ3n) is 6.17. The average molecular weight is 426 g/mol. The van der Waals surface area contributed by atoms with Crippen molar-refractivity contribution < 1.29 is 9.11 Å². The summed E-state index contributed by atoms with van der Waals surface area (Å²) < 4.78 is 22.1. The van der Waals surface area contributed by atoms with Crippen LogP contribution in [0.15, 0.2) is 40.2 Å². The van der Waals surface area contributed by atoms with E-state index in [1.807, 2.05) is 16.8 Å². The zero-order valence-corrected chi connectivity index (χ0v) is 17.2. The van der Waals surface area contributed by atoms with Crippen LogP contribution in [0.1, 0.15) is 37.3 Å². The summed E-state index contributed by atoms with van der Waals surface area (Å²) in [5, 5.41) is 18.1. The first-order valence-corrected chi connectivity index (χ1v) is 11.8. The van der Waals surface area contributed by atoms with Gasteiger partial charge in [0.15, 0.2) is 5.82 Å². The molecule has 5 rings (SSSR count). The van der Waals surface area contributed by atoms with Crippen LogP contribution in [-0.2, 0) is 6.42 Å². The summed E-state index contributed by atoms with van der Waals surface area (Å²) in [5.74, 6) is 0.665. The summed E-state index contributed by atoms with van der Waals surface area (Å²) >= 11 is 0. The molecule has 156 valence electrons. The molecule has 0 amide bonds. The Morgan fingerprint density at radius 3 is 2.93 bits per heavy atom. The molecular weight excluding hydrogens is 402 g/mol. The number of nitriles is 1. The van der Waals surface area contributed by atoms with E-state index >= 15 is 0 Å². The van der Waals surface area contributed by atoms with E-state index in [9.17, 15) is 19.2 Å². The fraction of sp³-hybridized carbons (Fsp3) is 0.381. The molecule has 1 saturated carbocycles. The molecule has 2 atom stereocenters. The maximum absolute atomic E-state index is 12.6. The van der Waals surface area contributed by atoms with Crippen LogP contribution in [0, 0.1) is 17.2 Å². The van der Waals surface area contributed by atoms with Gasteiger partial charge in [0.05, 0.1) is 28.4 Å². The van der Waals surface area contributed by atoms with E-state index in [1.165, 1.54) is 0 Å². The molecule has 0 bridgehead atoms. The molecule has 2 aromatic heterocycles. The highest BCUT2D eigenvalue weighted by Crippen LogP contribution is 2.55. The molecule has 3 aromatic rings. The topological polar surface area (TPSA) is 127 Å². The van der Waals surface area contributed by atoms with E-state index in [0.717, 1.165) is 36.9 Å². The van der Waals surface area contributed by atoms with E-state index < -0.39 is 10.6 Å². The fourth-order valence-electron chi connectivity index (χ4n) is 4.66. The lowest BCUT2D eigenvalue weighted by molar-refractivity contribution is 0.277. The van der Waals surface area contributed by atoms with E-state index in [-0.39, 0.29) is 17.5 Å². The number of aromatic nitrogens is 3. The van der Waals surface area contributed by atoms with Crippen molar-refractivity contribution in [3.63, 3.8) is 0 Å². The molecule has 0 saturated heterocycles. The molecule has 3 heterocycles. The maximum atomic E-state index is 12.6. The Kier molecular flexibility index (Phi) is 4.58. The van der Waals surface area contributed by atoms with E-state index in [0.29, 0.717) is 33.8 Å². The molecule has 1 aliphatic heterocycles. The maximum Gasteiger partial charge on any atom is 0.261 e. The second-order valence-corrected chi connectivity index (χ2v) is 10.2. The highest BCUT2D eigenvalue weighted by Gasteiger charge is 2.30. The first-order chi connectivity index (χ1) is 14.5. The number of hydrogen-bond acceptors (Lipinski definition) is 6. The van der Waals surface area contributed by atoms with E-state index in [1.54, 1.807) is 18.3 Å². The predicted octanol–water partition coefficient (Wildman–Crippen LogP) is 4.39. The number of aromatic amines is 1. The molecule has 4 N–H and O–H groups in total. The number of pyridine rings is 1. The summed E-state index contributed by atoms with van der Waals surface area (Å²) in [7, 11) is -2.69. The van der Waals surface area contributed by atoms with Gasteiger partial charge in [0.2, 0.25) is 0 Å². The van der Waals surface area contributed by atoms with Crippen LogP contribution >= 0.6 is 10.6 Å². The van der Waals surface area contributed by atoms with Crippen molar-refractivity contribution in [3.8, 4) is 6.07 Å². The molecule has 2 aliphatic rings. The minimum absolute atomic E-state index is 0.0587. The van der Waals surface area contributed by atoms with Gasteiger partial charge in [-0.25, -0.2) is 0 Å². The lowest BCUT2D eigenvalue weighted by Gasteiger charge is -2.27. The minimum atomic E-state index is -2.69. The molecule has 8 nitrogen and oxygen atoms in total. The second kappa shape index (κ2) is 7.16. The van der Waals surface area contributed by atoms with Crippen LogP contribution in [0.25, 0.3) is 10.9 Å². The van der Waals surface area contributed by atoms with Gasteiger partial charge in [0, 0.05) is 17.6 Å². The molecule has 9 heteroatoms. The zero-order chi connectivity index (χ0) is 20.9. The largest absolute Gasteiger partial charge is 0.338 e. The van der Waals surface area contributed by atoms with Gasteiger partial charge in [-0.1, -0.05) is 12.8 Å². The SMILES string of the molecule is N#CC1CCCCC1n1nc(Nc2ccc3c(c2)CCS3(O)O)c2c(=O)[nH]ccc21. The Balaban J connectivity index is 1.57. The molecule has 1 aromatic carbocycles. The minimum Gasteiger partial charge on any atom is -0.338 e. The van der Waals surface area contributed by atoms with Gasteiger partial charge in [-0.15, -0.1) is 0 Å². The number of anilines is 2. The summed E-state index contributed by atoms with van der Waals surface area (Å²) in [6, 6.07) is 9.58. The molecule has 1 aliphatic carbocycles. The smallest absolute Gasteiger partial charge is 0.261 e. The Labute approximate surface area is 174 Å². The second-order valence-electron chi connectivity index (χ2n) is 8.02. The number of H-pyrrole nitrogens is 1. The summed E-state index contributed by atoms with van der Waals surface area (Å²) in [6.07, 6.45) is 5.98. The fourth-order valence-corrected chi connectivity index (χ4v) is 6.26. The number of fused-ring (bicyclic) bond motifs is 2. The third kappa shape index (κ3) is 3.08. The third-order valence-corrected chi connectivity index (χ3v) is 8.05. The number of rotatable bonds is 3. The number of nitrogens with zero attached hydrogens (tertiary/aromatic N) is 3. The Bertz CT molecular complexity index is 1230.